The molecule has 1 heterocycles. The zero-order valence-corrected chi connectivity index (χ0v) is 6.32. The van der Waals surface area contributed by atoms with Gasteiger partial charge in [-0.1, -0.05) is 0 Å². The lowest BCUT2D eigenvalue weighted by molar-refractivity contribution is -0.117. The Labute approximate surface area is 64.2 Å². The largest absolute Gasteiger partial charge is 0.324 e. The van der Waals surface area contributed by atoms with Gasteiger partial charge in [-0.3, -0.25) is 9.48 Å². The molecule has 2 N–H and O–H groups in total. The minimum Gasteiger partial charge on any atom is -0.324 e. The van der Waals surface area contributed by atoms with Crippen LogP contribution in [-0.4, -0.2) is 27.1 Å². The molecule has 0 fully saturated rings. The van der Waals surface area contributed by atoms with Crippen LogP contribution in [0.2, 0.25) is 0 Å². The van der Waals surface area contributed by atoms with Gasteiger partial charge in [-0.15, -0.1) is 0 Å². The van der Waals surface area contributed by atoms with Crippen LogP contribution in [0, 0.1) is 0 Å². The normalized spacial score (nSPS) is 10.0. The summed E-state index contributed by atoms with van der Waals surface area (Å²) in [4.78, 5) is 14.7. The maximum absolute atomic E-state index is 10.8. The van der Waals surface area contributed by atoms with Crippen molar-refractivity contribution in [3.8, 4) is 0 Å². The summed E-state index contributed by atoms with van der Waals surface area (Å²) in [6.45, 7) is 0.0624. The molecule has 1 aromatic rings. The van der Waals surface area contributed by atoms with E-state index >= 15 is 0 Å². The van der Waals surface area contributed by atoms with E-state index in [0.717, 1.165) is 0 Å². The maximum Gasteiger partial charge on any atom is 0.153 e. The summed E-state index contributed by atoms with van der Waals surface area (Å²) in [5.74, 6) is 0.626. The highest BCUT2D eigenvalue weighted by molar-refractivity contribution is 5.81. The van der Waals surface area contributed by atoms with E-state index in [0.29, 0.717) is 5.82 Å². The number of nitrogens with zero attached hydrogens (tertiary/aromatic N) is 3. The molecule has 0 aliphatic carbocycles. The summed E-state index contributed by atoms with van der Waals surface area (Å²) in [5.41, 5.74) is 5.13. The Hall–Kier alpha value is -1.23. The van der Waals surface area contributed by atoms with Crippen LogP contribution in [0.3, 0.4) is 0 Å². The fourth-order valence-electron chi connectivity index (χ4n) is 0.729. The Balaban J connectivity index is 2.64. The number of ketones is 1. The predicted octanol–water partition coefficient (Wildman–Crippen LogP) is -1.11. The molecule has 0 bridgehead atoms. The van der Waals surface area contributed by atoms with E-state index in [4.69, 9.17) is 5.73 Å². The van der Waals surface area contributed by atoms with Crippen LogP contribution in [-0.2, 0) is 18.3 Å². The molecule has 11 heavy (non-hydrogen) atoms. The number of nitrogens with two attached hydrogens (primary N) is 1. The molecule has 0 spiro atoms. The number of rotatable bonds is 3. The molecule has 5 nitrogen and oxygen atoms in total. The monoisotopic (exact) mass is 154 g/mol. The number of hydrogen-bond acceptors (Lipinski definition) is 4. The SMILES string of the molecule is Cn1ncnc1CC(=O)CN. The van der Waals surface area contributed by atoms with Gasteiger partial charge in [-0.2, -0.15) is 5.10 Å². The fraction of sp³-hybridized carbons (Fsp3) is 0.500. The quantitative estimate of drug-likeness (QED) is 0.598. The lowest BCUT2D eigenvalue weighted by Gasteiger charge is -1.96. The van der Waals surface area contributed by atoms with Crippen molar-refractivity contribution in [1.29, 1.82) is 0 Å². The Morgan fingerprint density at radius 2 is 2.55 bits per heavy atom. The van der Waals surface area contributed by atoms with Crippen LogP contribution < -0.4 is 5.73 Å². The van der Waals surface area contributed by atoms with Crippen molar-refractivity contribution in [2.24, 2.45) is 12.8 Å². The molecule has 0 unspecified atom stereocenters. The molecular formula is C6H10N4O. The van der Waals surface area contributed by atoms with E-state index in [1.165, 1.54) is 6.33 Å². The standard InChI is InChI=1S/C6H10N4O/c1-10-6(8-4-9-10)2-5(11)3-7/h4H,2-3,7H2,1H3. The zero-order valence-electron chi connectivity index (χ0n) is 6.32. The molecule has 0 aliphatic rings. The van der Waals surface area contributed by atoms with Gasteiger partial charge in [-0.25, -0.2) is 4.98 Å². The first kappa shape index (κ1) is 7.87. The summed E-state index contributed by atoms with van der Waals surface area (Å²) in [6, 6.07) is 0. The van der Waals surface area contributed by atoms with Crippen molar-refractivity contribution in [3.05, 3.63) is 12.2 Å². The van der Waals surface area contributed by atoms with Gasteiger partial charge in [0.05, 0.1) is 13.0 Å². The average molecular weight is 154 g/mol. The first-order chi connectivity index (χ1) is 5.24. The topological polar surface area (TPSA) is 73.8 Å². The van der Waals surface area contributed by atoms with Crippen molar-refractivity contribution in [1.82, 2.24) is 14.8 Å². The highest BCUT2D eigenvalue weighted by Gasteiger charge is 2.05. The first-order valence-corrected chi connectivity index (χ1v) is 3.28. The van der Waals surface area contributed by atoms with Gasteiger partial charge >= 0.3 is 0 Å². The van der Waals surface area contributed by atoms with E-state index in [9.17, 15) is 4.79 Å². The second-order valence-corrected chi connectivity index (χ2v) is 2.22. The van der Waals surface area contributed by atoms with Gasteiger partial charge in [-0.05, 0) is 0 Å². The molecular weight excluding hydrogens is 144 g/mol. The summed E-state index contributed by atoms with van der Waals surface area (Å²) in [7, 11) is 1.74. The van der Waals surface area contributed by atoms with Crippen molar-refractivity contribution < 1.29 is 4.79 Å². The van der Waals surface area contributed by atoms with Crippen LogP contribution >= 0.6 is 0 Å². The van der Waals surface area contributed by atoms with Crippen molar-refractivity contribution in [2.75, 3.05) is 6.54 Å². The van der Waals surface area contributed by atoms with Gasteiger partial charge in [0.25, 0.3) is 0 Å². The molecule has 0 amide bonds. The van der Waals surface area contributed by atoms with Gasteiger partial charge in [0, 0.05) is 7.05 Å². The minimum absolute atomic E-state index is 0.0268. The van der Waals surface area contributed by atoms with Crippen LogP contribution in [0.1, 0.15) is 5.82 Å². The van der Waals surface area contributed by atoms with Crippen LogP contribution in [0.4, 0.5) is 0 Å². The average Bonchev–Trinajstić information content (AvgIpc) is 2.37. The predicted molar refractivity (Wildman–Crippen MR) is 38.8 cm³/mol. The summed E-state index contributed by atoms with van der Waals surface area (Å²) < 4.78 is 1.56. The molecule has 5 heteroatoms. The number of aromatic nitrogens is 3. The van der Waals surface area contributed by atoms with Gasteiger partial charge in [0.2, 0.25) is 0 Å². The van der Waals surface area contributed by atoms with Crippen LogP contribution in [0.5, 0.6) is 0 Å². The maximum atomic E-state index is 10.8. The zero-order chi connectivity index (χ0) is 8.27. The summed E-state index contributed by atoms with van der Waals surface area (Å²) in [6.07, 6.45) is 1.69. The number of carbonyl (C=O) groups excluding carboxylic acids is 1. The van der Waals surface area contributed by atoms with E-state index in [1.54, 1.807) is 11.7 Å². The fourth-order valence-corrected chi connectivity index (χ4v) is 0.729. The number of hydrogen-bond donors (Lipinski definition) is 1. The Morgan fingerprint density at radius 3 is 3.00 bits per heavy atom. The minimum atomic E-state index is -0.0268. The number of carbonyl (C=O) groups is 1. The lowest BCUT2D eigenvalue weighted by atomic mass is 10.3. The van der Waals surface area contributed by atoms with Crippen LogP contribution in [0.15, 0.2) is 6.33 Å². The third-order valence-corrected chi connectivity index (χ3v) is 1.39. The molecule has 0 radical (unpaired) electrons. The molecule has 0 saturated carbocycles. The molecule has 1 aromatic heterocycles. The molecule has 60 valence electrons. The molecule has 0 aromatic carbocycles. The molecule has 0 aliphatic heterocycles. The Bertz CT molecular complexity index is 255. The first-order valence-electron chi connectivity index (χ1n) is 3.28. The van der Waals surface area contributed by atoms with Crippen molar-refractivity contribution in [2.45, 2.75) is 6.42 Å². The third-order valence-electron chi connectivity index (χ3n) is 1.39. The van der Waals surface area contributed by atoms with E-state index in [1.807, 2.05) is 0 Å². The number of aryl methyl sites for hydroxylation is 1. The highest BCUT2D eigenvalue weighted by atomic mass is 16.1. The van der Waals surface area contributed by atoms with E-state index < -0.39 is 0 Å². The molecule has 1 rings (SSSR count). The van der Waals surface area contributed by atoms with Crippen molar-refractivity contribution >= 4 is 5.78 Å². The number of Topliss-reactive ketones (excluding diaryl/α,β-unsaturated/α-hetero) is 1. The Kier molecular flexibility index (Phi) is 2.32. The second kappa shape index (κ2) is 3.25. The van der Waals surface area contributed by atoms with Gasteiger partial charge in [0.1, 0.15) is 12.2 Å². The third kappa shape index (κ3) is 1.84. The van der Waals surface area contributed by atoms with Gasteiger partial charge < -0.3 is 5.73 Å². The molecule has 0 saturated heterocycles. The van der Waals surface area contributed by atoms with Crippen LogP contribution in [0.25, 0.3) is 0 Å². The van der Waals surface area contributed by atoms with E-state index in [2.05, 4.69) is 10.1 Å². The summed E-state index contributed by atoms with van der Waals surface area (Å²) in [5, 5.41) is 3.82. The summed E-state index contributed by atoms with van der Waals surface area (Å²) >= 11 is 0. The second-order valence-electron chi connectivity index (χ2n) is 2.22. The molecule has 0 atom stereocenters. The van der Waals surface area contributed by atoms with E-state index in [-0.39, 0.29) is 18.7 Å². The Morgan fingerprint density at radius 1 is 1.82 bits per heavy atom. The lowest BCUT2D eigenvalue weighted by Crippen LogP contribution is -2.17. The van der Waals surface area contributed by atoms with Crippen molar-refractivity contribution in [3.63, 3.8) is 0 Å². The smallest absolute Gasteiger partial charge is 0.153 e. The van der Waals surface area contributed by atoms with Gasteiger partial charge in [0.15, 0.2) is 5.78 Å². The highest BCUT2D eigenvalue weighted by Crippen LogP contribution is 1.91.